The van der Waals surface area contributed by atoms with E-state index < -0.39 is 0 Å². The number of nitrogens with one attached hydrogen (secondary N) is 1. The predicted molar refractivity (Wildman–Crippen MR) is 110 cm³/mol. The summed E-state index contributed by atoms with van der Waals surface area (Å²) in [6.07, 6.45) is 0. The summed E-state index contributed by atoms with van der Waals surface area (Å²) in [4.78, 5) is 17.1. The summed E-state index contributed by atoms with van der Waals surface area (Å²) in [5, 5.41) is 5.74. The number of hydrogen-bond donors (Lipinski definition) is 1. The lowest BCUT2D eigenvalue weighted by Gasteiger charge is -2.11. The van der Waals surface area contributed by atoms with Gasteiger partial charge in [0.1, 0.15) is 10.7 Å². The van der Waals surface area contributed by atoms with Crippen molar-refractivity contribution < 1.29 is 14.3 Å². The van der Waals surface area contributed by atoms with E-state index in [1.54, 1.807) is 19.6 Å². The molecule has 1 amide bonds. The number of carbonyl (C=O) groups is 1. The summed E-state index contributed by atoms with van der Waals surface area (Å²) < 4.78 is 10.8. The highest BCUT2D eigenvalue weighted by Gasteiger charge is 2.18. The number of nitrogens with zero attached hydrogens (tertiary/aromatic N) is 1. The van der Waals surface area contributed by atoms with Gasteiger partial charge in [-0.25, -0.2) is 4.98 Å². The first-order valence-electron chi connectivity index (χ1n) is 8.19. The smallest absolute Gasteiger partial charge is 0.275 e. The number of thiazole rings is 1. The number of anilines is 1. The van der Waals surface area contributed by atoms with Crippen molar-refractivity contribution in [1.82, 2.24) is 4.98 Å². The quantitative estimate of drug-likeness (QED) is 0.624. The Bertz CT molecular complexity index is 978. The van der Waals surface area contributed by atoms with Crippen molar-refractivity contribution in [1.29, 1.82) is 0 Å². The van der Waals surface area contributed by atoms with Crippen LogP contribution in [0.15, 0.2) is 35.7 Å². The van der Waals surface area contributed by atoms with E-state index in [1.165, 1.54) is 11.3 Å². The summed E-state index contributed by atoms with van der Waals surface area (Å²) >= 11 is 7.64. The third-order valence-electron chi connectivity index (χ3n) is 4.04. The van der Waals surface area contributed by atoms with E-state index in [4.69, 9.17) is 21.1 Å². The van der Waals surface area contributed by atoms with Gasteiger partial charge in [-0.15, -0.1) is 11.3 Å². The zero-order valence-corrected chi connectivity index (χ0v) is 17.0. The maximum Gasteiger partial charge on any atom is 0.275 e. The third-order valence-corrected chi connectivity index (χ3v) is 5.21. The topological polar surface area (TPSA) is 60.5 Å². The first kappa shape index (κ1) is 19.2. The number of aromatic nitrogens is 1. The number of para-hydroxylation sites is 1. The molecule has 0 aliphatic rings. The fourth-order valence-corrected chi connectivity index (χ4v) is 4.00. The highest BCUT2D eigenvalue weighted by molar-refractivity contribution is 7.13. The third kappa shape index (κ3) is 3.91. The van der Waals surface area contributed by atoms with Gasteiger partial charge in [-0.2, -0.15) is 0 Å². The summed E-state index contributed by atoms with van der Waals surface area (Å²) in [7, 11) is 3.15. The molecule has 3 aromatic rings. The van der Waals surface area contributed by atoms with Crippen LogP contribution >= 0.6 is 22.9 Å². The minimum absolute atomic E-state index is 0.312. The fourth-order valence-electron chi connectivity index (χ4n) is 2.81. The van der Waals surface area contributed by atoms with E-state index in [2.05, 4.69) is 10.3 Å². The predicted octanol–water partition coefficient (Wildman–Crippen LogP) is 5.35. The van der Waals surface area contributed by atoms with Crippen molar-refractivity contribution in [3.8, 4) is 22.1 Å². The number of rotatable bonds is 5. The van der Waals surface area contributed by atoms with E-state index in [0.717, 1.165) is 16.7 Å². The minimum Gasteiger partial charge on any atom is -0.493 e. The molecule has 3 rings (SSSR count). The van der Waals surface area contributed by atoms with Crippen LogP contribution in [0.5, 0.6) is 11.5 Å². The van der Waals surface area contributed by atoms with E-state index in [-0.39, 0.29) is 5.91 Å². The van der Waals surface area contributed by atoms with Gasteiger partial charge in [-0.1, -0.05) is 23.7 Å². The first-order valence-corrected chi connectivity index (χ1v) is 9.45. The van der Waals surface area contributed by atoms with Gasteiger partial charge >= 0.3 is 0 Å². The van der Waals surface area contributed by atoms with Crippen molar-refractivity contribution in [2.24, 2.45) is 0 Å². The molecule has 0 spiro atoms. The van der Waals surface area contributed by atoms with Crippen LogP contribution in [0, 0.1) is 13.8 Å². The first-order chi connectivity index (χ1) is 12.9. The molecule has 0 radical (unpaired) electrons. The average Bonchev–Trinajstić information content (AvgIpc) is 3.13. The van der Waals surface area contributed by atoms with Gasteiger partial charge in [-0.05, 0) is 43.2 Å². The van der Waals surface area contributed by atoms with E-state index in [0.29, 0.717) is 32.9 Å². The lowest BCUT2D eigenvalue weighted by atomic mass is 10.1. The number of methoxy groups -OCH3 is 2. The molecule has 1 N–H and O–H groups in total. The fraction of sp³-hybridized carbons (Fsp3) is 0.200. The second-order valence-electron chi connectivity index (χ2n) is 5.97. The molecule has 0 aliphatic heterocycles. The van der Waals surface area contributed by atoms with E-state index in [1.807, 2.05) is 44.2 Å². The molecule has 2 aromatic carbocycles. The van der Waals surface area contributed by atoms with Crippen LogP contribution < -0.4 is 14.8 Å². The van der Waals surface area contributed by atoms with Gasteiger partial charge in [0.2, 0.25) is 0 Å². The summed E-state index contributed by atoms with van der Waals surface area (Å²) in [6, 6.07) is 9.33. The Morgan fingerprint density at radius 2 is 1.96 bits per heavy atom. The molecule has 0 atom stereocenters. The van der Waals surface area contributed by atoms with Crippen molar-refractivity contribution >= 4 is 34.5 Å². The van der Waals surface area contributed by atoms with Crippen LogP contribution in [-0.2, 0) is 0 Å². The lowest BCUT2D eigenvalue weighted by Crippen LogP contribution is -2.13. The molecule has 1 aromatic heterocycles. The highest BCUT2D eigenvalue weighted by atomic mass is 35.5. The number of aryl methyl sites for hydroxylation is 2. The summed E-state index contributed by atoms with van der Waals surface area (Å²) in [5.41, 5.74) is 3.62. The molecule has 0 saturated heterocycles. The maximum atomic E-state index is 12.6. The standard InChI is InChI=1S/C20H19ClN2O3S/c1-11-8-12(2)17(14(21)9-11)23-19(24)15-10-27-20(22-15)13-6-5-7-16(25-3)18(13)26-4/h5-10H,1-4H3,(H,23,24). The molecule has 7 heteroatoms. The maximum absolute atomic E-state index is 12.6. The zero-order chi connectivity index (χ0) is 19.6. The highest BCUT2D eigenvalue weighted by Crippen LogP contribution is 2.39. The monoisotopic (exact) mass is 402 g/mol. The molecule has 0 bridgehead atoms. The Balaban J connectivity index is 1.90. The van der Waals surface area contributed by atoms with Gasteiger partial charge < -0.3 is 14.8 Å². The number of amides is 1. The van der Waals surface area contributed by atoms with Crippen LogP contribution in [0.2, 0.25) is 5.02 Å². The van der Waals surface area contributed by atoms with Gasteiger partial charge in [0, 0.05) is 5.38 Å². The number of hydrogen-bond acceptors (Lipinski definition) is 5. The molecule has 0 fully saturated rings. The molecule has 27 heavy (non-hydrogen) atoms. The van der Waals surface area contributed by atoms with Gasteiger partial charge in [0.15, 0.2) is 11.5 Å². The Hall–Kier alpha value is -2.57. The second-order valence-corrected chi connectivity index (χ2v) is 7.24. The van der Waals surface area contributed by atoms with Gasteiger partial charge in [-0.3, -0.25) is 4.79 Å². The van der Waals surface area contributed by atoms with Crippen molar-refractivity contribution in [2.75, 3.05) is 19.5 Å². The SMILES string of the molecule is COc1cccc(-c2nc(C(=O)Nc3c(C)cc(C)cc3Cl)cs2)c1OC. The van der Waals surface area contributed by atoms with Crippen molar-refractivity contribution in [3.05, 3.63) is 57.6 Å². The summed E-state index contributed by atoms with van der Waals surface area (Å²) in [6.45, 7) is 3.86. The van der Waals surface area contributed by atoms with Crippen molar-refractivity contribution in [3.63, 3.8) is 0 Å². The number of halogens is 1. The second kappa shape index (κ2) is 7.98. The lowest BCUT2D eigenvalue weighted by molar-refractivity contribution is 0.102. The minimum atomic E-state index is -0.312. The van der Waals surface area contributed by atoms with Gasteiger partial charge in [0.25, 0.3) is 5.91 Å². The summed E-state index contributed by atoms with van der Waals surface area (Å²) in [5.74, 6) is 0.880. The Labute approximate surface area is 166 Å². The average molecular weight is 403 g/mol. The Morgan fingerprint density at radius 1 is 1.19 bits per heavy atom. The Morgan fingerprint density at radius 3 is 2.63 bits per heavy atom. The van der Waals surface area contributed by atoms with Gasteiger partial charge in [0.05, 0.1) is 30.5 Å². The van der Waals surface area contributed by atoms with Crippen LogP contribution in [0.4, 0.5) is 5.69 Å². The molecular formula is C20H19ClN2O3S. The number of benzene rings is 2. The molecule has 0 saturated carbocycles. The largest absolute Gasteiger partial charge is 0.493 e. The molecule has 1 heterocycles. The molecule has 0 aliphatic carbocycles. The zero-order valence-electron chi connectivity index (χ0n) is 15.4. The molecule has 0 unspecified atom stereocenters. The van der Waals surface area contributed by atoms with Crippen LogP contribution in [0.25, 0.3) is 10.6 Å². The van der Waals surface area contributed by atoms with Crippen LogP contribution in [0.3, 0.4) is 0 Å². The van der Waals surface area contributed by atoms with E-state index >= 15 is 0 Å². The molecular weight excluding hydrogens is 384 g/mol. The molecule has 5 nitrogen and oxygen atoms in total. The Kier molecular flexibility index (Phi) is 5.68. The normalized spacial score (nSPS) is 10.6. The number of ether oxygens (including phenoxy) is 2. The van der Waals surface area contributed by atoms with Crippen LogP contribution in [0.1, 0.15) is 21.6 Å². The van der Waals surface area contributed by atoms with Crippen molar-refractivity contribution in [2.45, 2.75) is 13.8 Å². The molecule has 140 valence electrons. The van der Waals surface area contributed by atoms with Crippen LogP contribution in [-0.4, -0.2) is 25.1 Å². The number of carbonyl (C=O) groups excluding carboxylic acids is 1. The van der Waals surface area contributed by atoms with E-state index in [9.17, 15) is 4.79 Å².